The van der Waals surface area contributed by atoms with Gasteiger partial charge in [0.2, 0.25) is 0 Å². The lowest BCUT2D eigenvalue weighted by Crippen LogP contribution is -2.35. The topological polar surface area (TPSA) is 72.2 Å². The highest BCUT2D eigenvalue weighted by Crippen LogP contribution is 2.27. The minimum Gasteiger partial charge on any atom is -0.346 e. The van der Waals surface area contributed by atoms with E-state index >= 15 is 0 Å². The molecule has 0 saturated carbocycles. The van der Waals surface area contributed by atoms with Gasteiger partial charge in [0, 0.05) is 17.7 Å². The maximum absolute atomic E-state index is 14.0. The predicted octanol–water partition coefficient (Wildman–Crippen LogP) is 3.77. The molecule has 0 radical (unpaired) electrons. The molecule has 0 aromatic heterocycles. The summed E-state index contributed by atoms with van der Waals surface area (Å²) in [5.41, 5.74) is -0.829. The zero-order valence-electron chi connectivity index (χ0n) is 11.6. The summed E-state index contributed by atoms with van der Waals surface area (Å²) in [5, 5.41) is 12.7. The molecule has 120 valence electrons. The van der Waals surface area contributed by atoms with Gasteiger partial charge in [0.15, 0.2) is 0 Å². The van der Waals surface area contributed by atoms with E-state index in [1.165, 1.54) is 30.3 Å². The fourth-order valence-electron chi connectivity index (χ4n) is 1.87. The molecule has 23 heavy (non-hydrogen) atoms. The Morgan fingerprint density at radius 3 is 2.48 bits per heavy atom. The minimum atomic E-state index is -3.27. The van der Waals surface area contributed by atoms with Crippen molar-refractivity contribution < 1.29 is 18.5 Å². The Morgan fingerprint density at radius 1 is 1.22 bits per heavy atom. The van der Waals surface area contributed by atoms with E-state index in [0.717, 1.165) is 12.1 Å². The third-order valence-electron chi connectivity index (χ3n) is 3.07. The second-order valence-electron chi connectivity index (χ2n) is 4.67. The Kier molecular flexibility index (Phi) is 4.90. The molecule has 8 heteroatoms. The molecular weight excluding hydrogens is 330 g/mol. The number of halogens is 3. The number of alkyl halides is 2. The van der Waals surface area contributed by atoms with Crippen molar-refractivity contribution in [2.24, 2.45) is 0 Å². The number of benzene rings is 2. The molecule has 2 aromatic carbocycles. The Hall–Kier alpha value is -2.54. The van der Waals surface area contributed by atoms with Gasteiger partial charge in [0.25, 0.3) is 17.5 Å². The number of nitro groups is 1. The Morgan fingerprint density at radius 2 is 1.87 bits per heavy atom. The third-order valence-corrected chi connectivity index (χ3v) is 3.40. The second-order valence-corrected chi connectivity index (χ2v) is 5.08. The lowest BCUT2D eigenvalue weighted by molar-refractivity contribution is -0.384. The number of nitrogens with one attached hydrogen (secondary N) is 1. The summed E-state index contributed by atoms with van der Waals surface area (Å²) in [6, 6.07) is 10.2. The highest BCUT2D eigenvalue weighted by molar-refractivity contribution is 6.33. The third kappa shape index (κ3) is 4.01. The van der Waals surface area contributed by atoms with Crippen molar-refractivity contribution in [3.8, 4) is 0 Å². The Balaban J connectivity index is 2.14. The van der Waals surface area contributed by atoms with Crippen molar-refractivity contribution in [1.82, 2.24) is 5.32 Å². The van der Waals surface area contributed by atoms with Crippen molar-refractivity contribution in [2.45, 2.75) is 5.92 Å². The van der Waals surface area contributed by atoms with Gasteiger partial charge in [0.1, 0.15) is 0 Å². The standard InChI is InChI=1S/C15H11ClF2N2O3/c16-13-7-6-11(20(22)23)8-12(13)14(21)19-9-15(17,18)10-4-2-1-3-5-10/h1-8H,9H2,(H,19,21). The van der Waals surface area contributed by atoms with Crippen LogP contribution < -0.4 is 5.32 Å². The predicted molar refractivity (Wildman–Crippen MR) is 80.8 cm³/mol. The molecule has 0 heterocycles. The van der Waals surface area contributed by atoms with E-state index in [2.05, 4.69) is 0 Å². The largest absolute Gasteiger partial charge is 0.346 e. The zero-order valence-corrected chi connectivity index (χ0v) is 12.4. The second kappa shape index (κ2) is 6.70. The maximum atomic E-state index is 14.0. The highest BCUT2D eigenvalue weighted by atomic mass is 35.5. The molecule has 1 amide bonds. The van der Waals surface area contributed by atoms with Crippen LogP contribution in [0.2, 0.25) is 5.02 Å². The smallest absolute Gasteiger partial charge is 0.290 e. The summed E-state index contributed by atoms with van der Waals surface area (Å²) >= 11 is 5.79. The van der Waals surface area contributed by atoms with Crippen molar-refractivity contribution >= 4 is 23.2 Å². The molecular formula is C15H11ClF2N2O3. The van der Waals surface area contributed by atoms with E-state index in [-0.39, 0.29) is 21.8 Å². The summed E-state index contributed by atoms with van der Waals surface area (Å²) in [7, 11) is 0. The minimum absolute atomic E-state index is 0.0591. The van der Waals surface area contributed by atoms with Crippen LogP contribution in [0.4, 0.5) is 14.5 Å². The van der Waals surface area contributed by atoms with Gasteiger partial charge in [0.05, 0.1) is 22.1 Å². The van der Waals surface area contributed by atoms with Crippen molar-refractivity contribution in [3.05, 3.63) is 74.8 Å². The summed E-state index contributed by atoms with van der Waals surface area (Å²) in [5.74, 6) is -4.18. The van der Waals surface area contributed by atoms with E-state index in [1.807, 2.05) is 5.32 Å². The van der Waals surface area contributed by atoms with Gasteiger partial charge in [-0.15, -0.1) is 0 Å². The number of non-ortho nitro benzene ring substituents is 1. The van der Waals surface area contributed by atoms with Gasteiger partial charge in [-0.25, -0.2) is 0 Å². The van der Waals surface area contributed by atoms with E-state index < -0.39 is 23.3 Å². The molecule has 0 unspecified atom stereocenters. The molecule has 5 nitrogen and oxygen atoms in total. The molecule has 0 aliphatic carbocycles. The van der Waals surface area contributed by atoms with E-state index in [0.29, 0.717) is 0 Å². The first-order chi connectivity index (χ1) is 10.8. The van der Waals surface area contributed by atoms with Crippen molar-refractivity contribution in [2.75, 3.05) is 6.54 Å². The number of amides is 1. The molecule has 0 aliphatic heterocycles. The van der Waals surface area contributed by atoms with Crippen LogP contribution >= 0.6 is 11.6 Å². The van der Waals surface area contributed by atoms with E-state index in [4.69, 9.17) is 11.6 Å². The van der Waals surface area contributed by atoms with Gasteiger partial charge in [-0.2, -0.15) is 8.78 Å². The van der Waals surface area contributed by atoms with Gasteiger partial charge in [-0.05, 0) is 6.07 Å². The molecule has 1 N–H and O–H groups in total. The van der Waals surface area contributed by atoms with Gasteiger partial charge >= 0.3 is 0 Å². The van der Waals surface area contributed by atoms with Gasteiger partial charge < -0.3 is 5.32 Å². The summed E-state index contributed by atoms with van der Waals surface area (Å²) in [6.45, 7) is -0.950. The molecule has 0 aliphatic rings. The average molecular weight is 341 g/mol. The van der Waals surface area contributed by atoms with E-state index in [9.17, 15) is 23.7 Å². The van der Waals surface area contributed by atoms with Gasteiger partial charge in [-0.3, -0.25) is 14.9 Å². The summed E-state index contributed by atoms with van der Waals surface area (Å²) in [4.78, 5) is 22.0. The maximum Gasteiger partial charge on any atom is 0.290 e. The van der Waals surface area contributed by atoms with Crippen LogP contribution in [-0.4, -0.2) is 17.4 Å². The molecule has 2 aromatic rings. The molecule has 0 fully saturated rings. The number of hydrogen-bond acceptors (Lipinski definition) is 3. The quantitative estimate of drug-likeness (QED) is 0.665. The number of nitro benzene ring substituents is 1. The van der Waals surface area contributed by atoms with Crippen LogP contribution in [0.3, 0.4) is 0 Å². The van der Waals surface area contributed by atoms with Gasteiger partial charge in [-0.1, -0.05) is 41.9 Å². The number of carbonyl (C=O) groups is 1. The Bertz CT molecular complexity index is 739. The normalized spacial score (nSPS) is 11.1. The number of hydrogen-bond donors (Lipinski definition) is 1. The van der Waals surface area contributed by atoms with Crippen LogP contribution in [0.25, 0.3) is 0 Å². The van der Waals surface area contributed by atoms with Crippen LogP contribution in [-0.2, 0) is 5.92 Å². The Labute approximate surface area is 135 Å². The lowest BCUT2D eigenvalue weighted by atomic mass is 10.1. The lowest BCUT2D eigenvalue weighted by Gasteiger charge is -2.17. The first-order valence-electron chi connectivity index (χ1n) is 6.47. The van der Waals surface area contributed by atoms with Crippen LogP contribution in [0.5, 0.6) is 0 Å². The summed E-state index contributed by atoms with van der Waals surface area (Å²) in [6.07, 6.45) is 0. The number of carbonyl (C=O) groups excluding carboxylic acids is 1. The first-order valence-corrected chi connectivity index (χ1v) is 6.84. The van der Waals surface area contributed by atoms with E-state index in [1.54, 1.807) is 6.07 Å². The van der Waals surface area contributed by atoms with Crippen molar-refractivity contribution in [3.63, 3.8) is 0 Å². The molecule has 2 rings (SSSR count). The molecule has 0 saturated heterocycles. The summed E-state index contributed by atoms with van der Waals surface area (Å²) < 4.78 is 28.0. The molecule has 0 atom stereocenters. The average Bonchev–Trinajstić information content (AvgIpc) is 2.53. The zero-order chi connectivity index (χ0) is 17.0. The fraction of sp³-hybridized carbons (Fsp3) is 0.133. The van der Waals surface area contributed by atoms with Crippen molar-refractivity contribution in [1.29, 1.82) is 0 Å². The number of nitrogens with zero attached hydrogens (tertiary/aromatic N) is 1. The number of rotatable bonds is 5. The fourth-order valence-corrected chi connectivity index (χ4v) is 2.07. The monoisotopic (exact) mass is 340 g/mol. The highest BCUT2D eigenvalue weighted by Gasteiger charge is 2.32. The molecule has 0 spiro atoms. The van der Waals surface area contributed by atoms with Crippen LogP contribution in [0.1, 0.15) is 15.9 Å². The van der Waals surface area contributed by atoms with Crippen LogP contribution in [0.15, 0.2) is 48.5 Å². The SMILES string of the molecule is O=C(NCC(F)(F)c1ccccc1)c1cc([N+](=O)[O-])ccc1Cl. The molecule has 0 bridgehead atoms. The van der Waals surface area contributed by atoms with Crippen LogP contribution in [0, 0.1) is 10.1 Å². The first kappa shape index (κ1) is 16.8.